The zero-order valence-corrected chi connectivity index (χ0v) is 21.6. The topological polar surface area (TPSA) is 111 Å². The summed E-state index contributed by atoms with van der Waals surface area (Å²) >= 11 is 1.25. The molecule has 0 aliphatic carbocycles. The first-order valence-electron chi connectivity index (χ1n) is 11.9. The van der Waals surface area contributed by atoms with Crippen LogP contribution in [-0.2, 0) is 9.53 Å². The number of hydrogen-bond donors (Lipinski definition) is 2. The number of rotatable bonds is 9. The smallest absolute Gasteiger partial charge is 0.340 e. The number of anilines is 1. The minimum absolute atomic E-state index is 0.0549. The van der Waals surface area contributed by atoms with E-state index >= 15 is 0 Å². The number of H-pyrrole nitrogens is 1. The van der Waals surface area contributed by atoms with Gasteiger partial charge in [0.2, 0.25) is 5.91 Å². The summed E-state index contributed by atoms with van der Waals surface area (Å²) in [7, 11) is 1.62. The summed E-state index contributed by atoms with van der Waals surface area (Å²) in [4.78, 5) is 28.5. The van der Waals surface area contributed by atoms with Crippen LogP contribution in [0.3, 0.4) is 0 Å². The quantitative estimate of drug-likeness (QED) is 0.197. The third-order valence-corrected chi connectivity index (χ3v) is 6.75. The fourth-order valence-electron chi connectivity index (χ4n) is 4.05. The van der Waals surface area contributed by atoms with E-state index in [1.165, 1.54) is 11.8 Å². The molecule has 2 N–H and O–H groups in total. The van der Waals surface area contributed by atoms with Gasteiger partial charge in [0.25, 0.3) is 0 Å². The predicted molar refractivity (Wildman–Crippen MR) is 147 cm³/mol. The van der Waals surface area contributed by atoms with E-state index in [0.29, 0.717) is 22.2 Å². The van der Waals surface area contributed by atoms with Crippen molar-refractivity contribution in [2.24, 2.45) is 0 Å². The van der Waals surface area contributed by atoms with Gasteiger partial charge >= 0.3 is 5.97 Å². The lowest BCUT2D eigenvalue weighted by Gasteiger charge is -2.12. The molecule has 0 radical (unpaired) electrons. The van der Waals surface area contributed by atoms with Crippen molar-refractivity contribution in [1.82, 2.24) is 19.7 Å². The molecule has 0 bridgehead atoms. The number of thioether (sulfide) groups is 1. The lowest BCUT2D eigenvalue weighted by molar-refractivity contribution is -0.113. The Balaban J connectivity index is 1.43. The average Bonchev–Trinajstić information content (AvgIpc) is 3.56. The molecule has 0 fully saturated rings. The lowest BCUT2D eigenvalue weighted by Crippen LogP contribution is -2.17. The molecule has 2 heterocycles. The second kappa shape index (κ2) is 11.2. The van der Waals surface area contributed by atoms with Crippen molar-refractivity contribution in [2.45, 2.75) is 12.1 Å². The summed E-state index contributed by atoms with van der Waals surface area (Å²) in [5, 5.41) is 13.3. The van der Waals surface area contributed by atoms with Gasteiger partial charge in [-0.25, -0.2) is 4.79 Å². The van der Waals surface area contributed by atoms with Gasteiger partial charge in [-0.2, -0.15) is 0 Å². The van der Waals surface area contributed by atoms with Crippen LogP contribution in [0.4, 0.5) is 5.69 Å². The van der Waals surface area contributed by atoms with Crippen molar-refractivity contribution in [3.05, 3.63) is 84.6 Å². The van der Waals surface area contributed by atoms with E-state index in [-0.39, 0.29) is 18.3 Å². The number of carbonyl (C=O) groups excluding carboxylic acids is 2. The minimum Gasteiger partial charge on any atom is -0.497 e. The second-order valence-electron chi connectivity index (χ2n) is 8.19. The van der Waals surface area contributed by atoms with Crippen LogP contribution in [0, 0.1) is 0 Å². The molecule has 0 atom stereocenters. The summed E-state index contributed by atoms with van der Waals surface area (Å²) in [5.74, 6) is 0.648. The Labute approximate surface area is 223 Å². The number of methoxy groups -OCH3 is 1. The van der Waals surface area contributed by atoms with Crippen molar-refractivity contribution < 1.29 is 19.1 Å². The number of nitrogens with zero attached hydrogens (tertiary/aromatic N) is 3. The number of aromatic nitrogens is 4. The molecule has 0 spiro atoms. The Morgan fingerprint density at radius 3 is 2.55 bits per heavy atom. The van der Waals surface area contributed by atoms with Gasteiger partial charge in [0.1, 0.15) is 5.75 Å². The Hall–Kier alpha value is -4.57. The van der Waals surface area contributed by atoms with E-state index < -0.39 is 5.97 Å². The van der Waals surface area contributed by atoms with Crippen LogP contribution in [0.1, 0.15) is 17.3 Å². The summed E-state index contributed by atoms with van der Waals surface area (Å²) in [6.07, 6.45) is 1.90. The van der Waals surface area contributed by atoms with Crippen LogP contribution in [0.25, 0.3) is 28.0 Å². The van der Waals surface area contributed by atoms with Gasteiger partial charge in [0.05, 0.1) is 30.7 Å². The number of amides is 1. The third kappa shape index (κ3) is 5.12. The normalized spacial score (nSPS) is 10.9. The summed E-state index contributed by atoms with van der Waals surface area (Å²) in [5.41, 5.74) is 3.40. The molecular weight excluding hydrogens is 502 g/mol. The molecule has 10 heteroatoms. The predicted octanol–water partition coefficient (Wildman–Crippen LogP) is 5.33. The number of aromatic amines is 1. The van der Waals surface area contributed by atoms with Gasteiger partial charge in [-0.1, -0.05) is 42.1 Å². The van der Waals surface area contributed by atoms with Gasteiger partial charge in [-0.15, -0.1) is 10.2 Å². The first-order chi connectivity index (χ1) is 18.6. The molecule has 38 heavy (non-hydrogen) atoms. The molecule has 0 unspecified atom stereocenters. The molecule has 9 nitrogen and oxygen atoms in total. The Morgan fingerprint density at radius 1 is 1.00 bits per heavy atom. The third-order valence-electron chi connectivity index (χ3n) is 5.82. The number of esters is 1. The minimum atomic E-state index is -0.487. The molecule has 5 rings (SSSR count). The second-order valence-corrected chi connectivity index (χ2v) is 9.13. The van der Waals surface area contributed by atoms with Crippen LogP contribution in [0.2, 0.25) is 0 Å². The summed E-state index contributed by atoms with van der Waals surface area (Å²) in [6.45, 7) is 1.98. The number of hydrogen-bond acceptors (Lipinski definition) is 7. The maximum absolute atomic E-state index is 12.9. The zero-order valence-electron chi connectivity index (χ0n) is 20.8. The number of carbonyl (C=O) groups is 2. The number of nitrogens with one attached hydrogen (secondary N) is 2. The monoisotopic (exact) mass is 527 g/mol. The maximum atomic E-state index is 12.9. The van der Waals surface area contributed by atoms with Crippen LogP contribution >= 0.6 is 11.8 Å². The number of benzene rings is 3. The molecule has 0 aliphatic heterocycles. The molecule has 1 amide bonds. The average molecular weight is 528 g/mol. The van der Waals surface area contributed by atoms with E-state index in [2.05, 4.69) is 20.5 Å². The fraction of sp³-hybridized carbons (Fsp3) is 0.143. The largest absolute Gasteiger partial charge is 0.497 e. The van der Waals surface area contributed by atoms with Crippen molar-refractivity contribution in [3.63, 3.8) is 0 Å². The van der Waals surface area contributed by atoms with Crippen molar-refractivity contribution >= 4 is 40.2 Å². The number of ether oxygens (including phenoxy) is 2. The van der Waals surface area contributed by atoms with Gasteiger partial charge in [0, 0.05) is 28.4 Å². The molecule has 3 aromatic carbocycles. The first kappa shape index (κ1) is 25.1. The van der Waals surface area contributed by atoms with Gasteiger partial charge < -0.3 is 19.8 Å². The van der Waals surface area contributed by atoms with Gasteiger partial charge in [-0.3, -0.25) is 9.36 Å². The standard InChI is InChI=1S/C28H25N5O4S/c1-3-37-27(35)21-9-5-7-11-24(21)30-25(34)17-38-28-32-31-26(22-16-29-23-10-6-4-8-20(22)23)33(28)18-12-14-19(36-2)15-13-18/h4-16,29H,3,17H2,1-2H3,(H,30,34). The molecule has 0 saturated heterocycles. The van der Waals surface area contributed by atoms with Crippen LogP contribution < -0.4 is 10.1 Å². The highest BCUT2D eigenvalue weighted by Crippen LogP contribution is 2.33. The van der Waals surface area contributed by atoms with E-state index in [4.69, 9.17) is 9.47 Å². The molecular formula is C28H25N5O4S. The Kier molecular flexibility index (Phi) is 7.41. The maximum Gasteiger partial charge on any atom is 0.340 e. The molecule has 5 aromatic rings. The van der Waals surface area contributed by atoms with Gasteiger partial charge in [-0.05, 0) is 49.4 Å². The van der Waals surface area contributed by atoms with E-state index in [0.717, 1.165) is 27.9 Å². The number of fused-ring (bicyclic) bond motifs is 1. The van der Waals surface area contributed by atoms with Crippen molar-refractivity contribution in [2.75, 3.05) is 24.8 Å². The van der Waals surface area contributed by atoms with E-state index in [1.807, 2.05) is 59.3 Å². The van der Waals surface area contributed by atoms with Gasteiger partial charge in [0.15, 0.2) is 11.0 Å². The van der Waals surface area contributed by atoms with E-state index in [9.17, 15) is 9.59 Å². The highest BCUT2D eigenvalue weighted by Gasteiger charge is 2.20. The molecule has 0 aliphatic rings. The Bertz CT molecular complexity index is 1590. The Morgan fingerprint density at radius 2 is 1.76 bits per heavy atom. The SMILES string of the molecule is CCOC(=O)c1ccccc1NC(=O)CSc1nnc(-c2c[nH]c3ccccc23)n1-c1ccc(OC)cc1. The molecule has 192 valence electrons. The molecule has 0 saturated carbocycles. The fourth-order valence-corrected chi connectivity index (χ4v) is 4.81. The van der Waals surface area contributed by atoms with Crippen LogP contribution in [-0.4, -0.2) is 51.1 Å². The van der Waals surface area contributed by atoms with Crippen molar-refractivity contribution in [3.8, 4) is 22.8 Å². The summed E-state index contributed by atoms with van der Waals surface area (Å²) in [6, 6.07) is 22.3. The lowest BCUT2D eigenvalue weighted by atomic mass is 10.1. The van der Waals surface area contributed by atoms with Crippen LogP contribution in [0.5, 0.6) is 5.75 Å². The molecule has 2 aromatic heterocycles. The van der Waals surface area contributed by atoms with Crippen molar-refractivity contribution in [1.29, 1.82) is 0 Å². The van der Waals surface area contributed by atoms with E-state index in [1.54, 1.807) is 38.3 Å². The van der Waals surface area contributed by atoms with Crippen LogP contribution in [0.15, 0.2) is 84.1 Å². The zero-order chi connectivity index (χ0) is 26.5. The highest BCUT2D eigenvalue weighted by molar-refractivity contribution is 7.99. The summed E-state index contributed by atoms with van der Waals surface area (Å²) < 4.78 is 12.3. The highest BCUT2D eigenvalue weighted by atomic mass is 32.2. The first-order valence-corrected chi connectivity index (χ1v) is 12.9. The number of para-hydroxylation sites is 2.